The summed E-state index contributed by atoms with van der Waals surface area (Å²) in [5.74, 6) is -2.22. The van der Waals surface area contributed by atoms with Crippen molar-refractivity contribution in [2.75, 3.05) is 0 Å². The summed E-state index contributed by atoms with van der Waals surface area (Å²) in [5, 5.41) is 22.0. The van der Waals surface area contributed by atoms with E-state index in [4.69, 9.17) is 10.4 Å². The highest BCUT2D eigenvalue weighted by Crippen LogP contribution is 2.30. The van der Waals surface area contributed by atoms with E-state index in [1.54, 1.807) is 30.3 Å². The molecule has 0 aliphatic carbocycles. The van der Waals surface area contributed by atoms with E-state index in [0.717, 1.165) is 0 Å². The smallest absolute Gasteiger partial charge is 0.534 e. The molecule has 1 atom stereocenters. The molecule has 1 aliphatic rings. The molecular formula is C18H22BN3O5. The highest BCUT2D eigenvalue weighted by molar-refractivity contribution is 6.47. The van der Waals surface area contributed by atoms with Gasteiger partial charge in [0.1, 0.15) is 11.4 Å². The molecule has 27 heavy (non-hydrogen) atoms. The van der Waals surface area contributed by atoms with Crippen LogP contribution in [0.25, 0.3) is 0 Å². The van der Waals surface area contributed by atoms with E-state index in [9.17, 15) is 19.7 Å². The van der Waals surface area contributed by atoms with Gasteiger partial charge in [-0.3, -0.25) is 4.79 Å². The Balaban J connectivity index is 0.00000126. The maximum Gasteiger partial charge on any atom is 0.547 e. The number of pyridine rings is 1. The number of aromatic nitrogens is 1. The summed E-state index contributed by atoms with van der Waals surface area (Å²) in [6.07, 6.45) is 0.236. The van der Waals surface area contributed by atoms with E-state index in [-0.39, 0.29) is 30.0 Å². The van der Waals surface area contributed by atoms with Gasteiger partial charge in [-0.1, -0.05) is 32.0 Å². The number of para-hydroxylation sites is 1. The summed E-state index contributed by atoms with van der Waals surface area (Å²) >= 11 is 0. The lowest BCUT2D eigenvalue weighted by molar-refractivity contribution is 0.0693. The van der Waals surface area contributed by atoms with Gasteiger partial charge in [0.05, 0.1) is 17.2 Å². The number of nitrogens with zero attached hydrogens (tertiary/aromatic N) is 1. The molecule has 8 nitrogen and oxygen atoms in total. The molecule has 1 amide bonds. The number of aromatic carboxylic acids is 1. The zero-order valence-corrected chi connectivity index (χ0v) is 15.2. The molecule has 3 rings (SSSR count). The van der Waals surface area contributed by atoms with Gasteiger partial charge in [0.15, 0.2) is 0 Å². The van der Waals surface area contributed by atoms with Crippen LogP contribution in [-0.4, -0.2) is 40.1 Å². The van der Waals surface area contributed by atoms with E-state index < -0.39 is 24.9 Å². The number of nitrogens with one attached hydrogen (secondary N) is 1. The van der Waals surface area contributed by atoms with Crippen LogP contribution in [0.15, 0.2) is 36.4 Å². The number of benzene rings is 1. The summed E-state index contributed by atoms with van der Waals surface area (Å²) in [6, 6.07) is 9.61. The molecule has 0 bridgehead atoms. The third kappa shape index (κ3) is 4.63. The zero-order chi connectivity index (χ0) is 20.0. The number of carboxylic acid groups (broad SMARTS) is 1. The minimum Gasteiger partial charge on any atom is -0.534 e. The Bertz CT molecular complexity index is 830. The number of rotatable bonds is 4. The summed E-state index contributed by atoms with van der Waals surface area (Å²) in [4.78, 5) is 27.7. The van der Waals surface area contributed by atoms with Gasteiger partial charge in [-0.2, -0.15) is 0 Å². The van der Waals surface area contributed by atoms with Gasteiger partial charge in [-0.15, -0.1) is 0 Å². The minimum absolute atomic E-state index is 0.0290. The van der Waals surface area contributed by atoms with Crippen molar-refractivity contribution in [1.29, 1.82) is 0 Å². The lowest BCUT2D eigenvalue weighted by Crippen LogP contribution is -2.53. The number of fused-ring (bicyclic) bond motifs is 1. The average Bonchev–Trinajstić information content (AvgIpc) is 2.69. The fraction of sp³-hybridized carbons (Fsp3) is 0.278. The van der Waals surface area contributed by atoms with E-state index >= 15 is 0 Å². The highest BCUT2D eigenvalue weighted by atomic mass is 16.5. The number of hydrogen-bond donors (Lipinski definition) is 4. The monoisotopic (exact) mass is 371 g/mol. The standard InChI is InChI=1S/C16H16BN3O5.C2H6/c18-8-10-4-2-6-12(19-10)15(21)20-13-7-9-3-1-5-11(16(22)23)14(9)25-17(13)24;1-2/h1-6,13,24H,7-8,18H2,(H,20,21)(H,22,23);1-2H3. The Morgan fingerprint density at radius 2 is 2.00 bits per heavy atom. The first-order chi connectivity index (χ1) is 13.0. The van der Waals surface area contributed by atoms with E-state index in [0.29, 0.717) is 11.3 Å². The normalized spacial score (nSPS) is 15.0. The van der Waals surface area contributed by atoms with Gasteiger partial charge in [0.25, 0.3) is 5.91 Å². The molecule has 142 valence electrons. The van der Waals surface area contributed by atoms with Crippen molar-refractivity contribution in [1.82, 2.24) is 10.3 Å². The van der Waals surface area contributed by atoms with Crippen LogP contribution < -0.4 is 15.7 Å². The molecule has 5 N–H and O–H groups in total. The van der Waals surface area contributed by atoms with Gasteiger partial charge in [-0.05, 0) is 30.2 Å². The topological polar surface area (TPSA) is 135 Å². The molecule has 0 saturated heterocycles. The molecule has 0 fully saturated rings. The van der Waals surface area contributed by atoms with Crippen LogP contribution in [0, 0.1) is 0 Å². The minimum atomic E-state index is -1.37. The van der Waals surface area contributed by atoms with Crippen molar-refractivity contribution in [3.63, 3.8) is 0 Å². The van der Waals surface area contributed by atoms with Gasteiger partial charge >= 0.3 is 13.1 Å². The van der Waals surface area contributed by atoms with Crippen molar-refractivity contribution in [2.24, 2.45) is 5.73 Å². The molecule has 1 unspecified atom stereocenters. The van der Waals surface area contributed by atoms with Gasteiger partial charge in [0.2, 0.25) is 0 Å². The first kappa shape index (κ1) is 20.4. The lowest BCUT2D eigenvalue weighted by atomic mass is 9.72. The second kappa shape index (κ2) is 9.15. The molecule has 2 heterocycles. The van der Waals surface area contributed by atoms with E-state index in [1.165, 1.54) is 6.07 Å². The van der Waals surface area contributed by atoms with Crippen molar-refractivity contribution in [3.8, 4) is 5.75 Å². The zero-order valence-electron chi connectivity index (χ0n) is 15.2. The van der Waals surface area contributed by atoms with Crippen LogP contribution in [-0.2, 0) is 13.0 Å². The summed E-state index contributed by atoms with van der Waals surface area (Å²) in [6.45, 7) is 4.21. The molecule has 1 aliphatic heterocycles. The summed E-state index contributed by atoms with van der Waals surface area (Å²) < 4.78 is 5.34. The third-order valence-electron chi connectivity index (χ3n) is 3.91. The number of hydrogen-bond acceptors (Lipinski definition) is 6. The maximum absolute atomic E-state index is 12.3. The Hall–Kier alpha value is -2.91. The molecule has 1 aromatic heterocycles. The van der Waals surface area contributed by atoms with E-state index in [1.807, 2.05) is 13.8 Å². The van der Waals surface area contributed by atoms with Crippen LogP contribution >= 0.6 is 0 Å². The number of carbonyl (C=O) groups is 2. The van der Waals surface area contributed by atoms with Crippen molar-refractivity contribution in [3.05, 3.63) is 58.9 Å². The third-order valence-corrected chi connectivity index (χ3v) is 3.91. The molecular weight excluding hydrogens is 349 g/mol. The number of amides is 1. The summed E-state index contributed by atoms with van der Waals surface area (Å²) in [5.41, 5.74) is 6.84. The first-order valence-corrected chi connectivity index (χ1v) is 8.66. The average molecular weight is 371 g/mol. The number of carboxylic acids is 1. The van der Waals surface area contributed by atoms with E-state index in [2.05, 4.69) is 10.3 Å². The molecule has 1 aromatic carbocycles. The predicted molar refractivity (Wildman–Crippen MR) is 100 cm³/mol. The molecule has 9 heteroatoms. The molecule has 0 spiro atoms. The largest absolute Gasteiger partial charge is 0.547 e. The maximum atomic E-state index is 12.3. The van der Waals surface area contributed by atoms with Crippen molar-refractivity contribution in [2.45, 2.75) is 32.8 Å². The van der Waals surface area contributed by atoms with Gasteiger partial charge in [0, 0.05) is 6.54 Å². The van der Waals surface area contributed by atoms with Crippen LogP contribution in [0.1, 0.15) is 46.0 Å². The molecule has 2 aromatic rings. The van der Waals surface area contributed by atoms with Crippen molar-refractivity contribution < 1.29 is 24.4 Å². The predicted octanol–water partition coefficient (Wildman–Crippen LogP) is 1.02. The molecule has 0 saturated carbocycles. The quantitative estimate of drug-likeness (QED) is 0.589. The molecule has 0 radical (unpaired) electrons. The Morgan fingerprint density at radius 1 is 1.30 bits per heavy atom. The van der Waals surface area contributed by atoms with Crippen LogP contribution in [0.2, 0.25) is 0 Å². The Morgan fingerprint density at radius 3 is 2.67 bits per heavy atom. The second-order valence-corrected chi connectivity index (χ2v) is 5.61. The number of nitrogens with two attached hydrogens (primary N) is 1. The van der Waals surface area contributed by atoms with Crippen LogP contribution in [0.4, 0.5) is 0 Å². The fourth-order valence-electron chi connectivity index (χ4n) is 2.68. The lowest BCUT2D eigenvalue weighted by Gasteiger charge is -2.28. The number of carbonyl (C=O) groups excluding carboxylic acids is 1. The van der Waals surface area contributed by atoms with Gasteiger partial charge < -0.3 is 25.8 Å². The van der Waals surface area contributed by atoms with Crippen LogP contribution in [0.3, 0.4) is 0 Å². The highest BCUT2D eigenvalue weighted by Gasteiger charge is 2.38. The second-order valence-electron chi connectivity index (χ2n) is 5.61. The Labute approximate surface area is 157 Å². The van der Waals surface area contributed by atoms with Gasteiger partial charge in [-0.25, -0.2) is 9.78 Å². The Kier molecular flexibility index (Phi) is 6.92. The SMILES string of the molecule is CC.NCc1cccc(C(=O)NC2Cc3cccc(C(=O)O)c3OB2O)n1. The fourth-order valence-corrected chi connectivity index (χ4v) is 2.68. The van der Waals surface area contributed by atoms with Crippen molar-refractivity contribution >= 4 is 19.0 Å². The van der Waals surface area contributed by atoms with Crippen LogP contribution in [0.5, 0.6) is 5.75 Å². The summed E-state index contributed by atoms with van der Waals surface area (Å²) in [7, 11) is -1.37. The first-order valence-electron chi connectivity index (χ1n) is 8.66.